The summed E-state index contributed by atoms with van der Waals surface area (Å²) in [5.41, 5.74) is 1.28. The highest BCUT2D eigenvalue weighted by Crippen LogP contribution is 2.38. The summed E-state index contributed by atoms with van der Waals surface area (Å²) < 4.78 is 0. The van der Waals surface area contributed by atoms with Gasteiger partial charge in [0, 0.05) is 18.3 Å². The van der Waals surface area contributed by atoms with Crippen LogP contribution in [0.3, 0.4) is 0 Å². The van der Waals surface area contributed by atoms with Crippen LogP contribution >= 0.6 is 0 Å². The van der Waals surface area contributed by atoms with Crippen LogP contribution in [0.25, 0.3) is 0 Å². The SMILES string of the molecule is Cc1ccc(C2(O)CC3CCCC(C2)N3)nc1. The molecule has 0 aromatic carbocycles. The third-order valence-electron chi connectivity index (χ3n) is 4.13. The Kier molecular flexibility index (Phi) is 2.68. The molecule has 2 N–H and O–H groups in total. The van der Waals surface area contributed by atoms with Gasteiger partial charge in [-0.05, 0) is 44.2 Å². The van der Waals surface area contributed by atoms with Crippen molar-refractivity contribution in [3.8, 4) is 0 Å². The van der Waals surface area contributed by atoms with Crippen LogP contribution in [0.2, 0.25) is 0 Å². The molecule has 92 valence electrons. The molecule has 2 atom stereocenters. The van der Waals surface area contributed by atoms with Crippen LogP contribution in [0.15, 0.2) is 18.3 Å². The van der Waals surface area contributed by atoms with E-state index in [0.717, 1.165) is 24.1 Å². The lowest BCUT2D eigenvalue weighted by molar-refractivity contribution is -0.0392. The van der Waals surface area contributed by atoms with Crippen LogP contribution in [-0.2, 0) is 5.60 Å². The number of nitrogens with one attached hydrogen (secondary N) is 1. The largest absolute Gasteiger partial charge is 0.383 e. The minimum absolute atomic E-state index is 0.468. The average molecular weight is 232 g/mol. The van der Waals surface area contributed by atoms with Gasteiger partial charge in [-0.25, -0.2) is 0 Å². The average Bonchev–Trinajstić information content (AvgIpc) is 2.29. The summed E-state index contributed by atoms with van der Waals surface area (Å²) >= 11 is 0. The Bertz CT molecular complexity index is 389. The summed E-state index contributed by atoms with van der Waals surface area (Å²) in [5.74, 6) is 0. The fourth-order valence-corrected chi connectivity index (χ4v) is 3.28. The van der Waals surface area contributed by atoms with Gasteiger partial charge in [0.25, 0.3) is 0 Å². The molecule has 1 aromatic rings. The summed E-state index contributed by atoms with van der Waals surface area (Å²) in [4.78, 5) is 4.42. The Morgan fingerprint density at radius 2 is 2.00 bits per heavy atom. The summed E-state index contributed by atoms with van der Waals surface area (Å²) in [5, 5.41) is 14.4. The Morgan fingerprint density at radius 1 is 1.29 bits per heavy atom. The number of hydrogen-bond acceptors (Lipinski definition) is 3. The van der Waals surface area contributed by atoms with Gasteiger partial charge >= 0.3 is 0 Å². The Morgan fingerprint density at radius 3 is 2.59 bits per heavy atom. The number of aromatic nitrogens is 1. The van der Waals surface area contributed by atoms with E-state index in [2.05, 4.69) is 10.3 Å². The zero-order valence-electron chi connectivity index (χ0n) is 10.3. The number of hydrogen-bond donors (Lipinski definition) is 2. The van der Waals surface area contributed by atoms with E-state index in [0.29, 0.717) is 12.1 Å². The van der Waals surface area contributed by atoms with Crippen molar-refractivity contribution in [3.63, 3.8) is 0 Å². The first kappa shape index (κ1) is 11.2. The number of aliphatic hydroxyl groups is 1. The van der Waals surface area contributed by atoms with Gasteiger partial charge in [-0.3, -0.25) is 4.98 Å². The Balaban J connectivity index is 1.87. The van der Waals surface area contributed by atoms with Crippen LogP contribution in [0.5, 0.6) is 0 Å². The quantitative estimate of drug-likeness (QED) is 0.777. The van der Waals surface area contributed by atoms with Gasteiger partial charge < -0.3 is 10.4 Å². The van der Waals surface area contributed by atoms with Crippen molar-refractivity contribution in [2.45, 2.75) is 56.7 Å². The number of aryl methyl sites for hydroxylation is 1. The summed E-state index contributed by atoms with van der Waals surface area (Å²) in [6, 6.07) is 4.96. The first-order valence-electron chi connectivity index (χ1n) is 6.57. The van der Waals surface area contributed by atoms with E-state index in [-0.39, 0.29) is 0 Å². The van der Waals surface area contributed by atoms with Crippen LogP contribution in [0.4, 0.5) is 0 Å². The Hall–Kier alpha value is -0.930. The standard InChI is InChI=1S/C14H20N2O/c1-10-5-6-13(15-9-10)14(17)7-11-3-2-4-12(8-14)16-11/h5-6,9,11-12,16-17H,2-4,7-8H2,1H3. The molecule has 2 unspecified atom stereocenters. The van der Waals surface area contributed by atoms with Crippen molar-refractivity contribution in [1.29, 1.82) is 0 Å². The molecule has 3 heteroatoms. The van der Waals surface area contributed by atoms with E-state index in [9.17, 15) is 5.11 Å². The monoisotopic (exact) mass is 232 g/mol. The van der Waals surface area contributed by atoms with Crippen LogP contribution in [-0.4, -0.2) is 22.2 Å². The molecule has 3 nitrogen and oxygen atoms in total. The summed E-state index contributed by atoms with van der Waals surface area (Å²) in [6.07, 6.45) is 7.12. The maximum absolute atomic E-state index is 10.8. The van der Waals surface area contributed by atoms with Crippen LogP contribution < -0.4 is 5.32 Å². The van der Waals surface area contributed by atoms with Gasteiger partial charge in [0.15, 0.2) is 0 Å². The van der Waals surface area contributed by atoms with Gasteiger partial charge in [0.2, 0.25) is 0 Å². The molecular formula is C14H20N2O. The topological polar surface area (TPSA) is 45.1 Å². The predicted octanol–water partition coefficient (Wildman–Crippen LogP) is 1.88. The zero-order valence-corrected chi connectivity index (χ0v) is 10.3. The van der Waals surface area contributed by atoms with E-state index in [1.54, 1.807) is 0 Å². The van der Waals surface area contributed by atoms with Crippen molar-refractivity contribution < 1.29 is 5.11 Å². The van der Waals surface area contributed by atoms with Gasteiger partial charge in [-0.15, -0.1) is 0 Å². The number of rotatable bonds is 1. The van der Waals surface area contributed by atoms with Crippen molar-refractivity contribution in [3.05, 3.63) is 29.6 Å². The summed E-state index contributed by atoms with van der Waals surface area (Å²) in [7, 11) is 0. The smallest absolute Gasteiger partial charge is 0.109 e. The van der Waals surface area contributed by atoms with E-state index < -0.39 is 5.60 Å². The molecule has 3 rings (SSSR count). The fourth-order valence-electron chi connectivity index (χ4n) is 3.28. The Labute approximate surface area is 102 Å². The molecule has 2 saturated heterocycles. The maximum atomic E-state index is 10.8. The second-order valence-corrected chi connectivity index (χ2v) is 5.65. The fraction of sp³-hybridized carbons (Fsp3) is 0.643. The van der Waals surface area contributed by atoms with E-state index in [4.69, 9.17) is 0 Å². The second-order valence-electron chi connectivity index (χ2n) is 5.65. The van der Waals surface area contributed by atoms with Crippen LogP contribution in [0.1, 0.15) is 43.4 Å². The molecule has 2 aliphatic heterocycles. The molecule has 2 fully saturated rings. The van der Waals surface area contributed by atoms with Gasteiger partial charge in [0.05, 0.1) is 5.69 Å². The van der Waals surface area contributed by atoms with Gasteiger partial charge in [0.1, 0.15) is 5.60 Å². The molecule has 0 saturated carbocycles. The normalized spacial score (nSPS) is 36.8. The molecular weight excluding hydrogens is 212 g/mol. The molecule has 2 bridgehead atoms. The number of pyridine rings is 1. The first-order valence-corrected chi connectivity index (χ1v) is 6.57. The van der Waals surface area contributed by atoms with Gasteiger partial charge in [-0.1, -0.05) is 12.5 Å². The third-order valence-corrected chi connectivity index (χ3v) is 4.13. The maximum Gasteiger partial charge on any atom is 0.109 e. The number of nitrogens with zero attached hydrogens (tertiary/aromatic N) is 1. The lowest BCUT2D eigenvalue weighted by Gasteiger charge is -2.44. The van der Waals surface area contributed by atoms with Crippen molar-refractivity contribution in [2.75, 3.05) is 0 Å². The number of fused-ring (bicyclic) bond motifs is 2. The highest BCUT2D eigenvalue weighted by Gasteiger charge is 2.42. The molecule has 0 spiro atoms. The first-order chi connectivity index (χ1) is 8.16. The van der Waals surface area contributed by atoms with E-state index in [1.807, 2.05) is 25.3 Å². The van der Waals surface area contributed by atoms with E-state index >= 15 is 0 Å². The van der Waals surface area contributed by atoms with E-state index in [1.165, 1.54) is 19.3 Å². The molecule has 17 heavy (non-hydrogen) atoms. The molecule has 0 radical (unpaired) electrons. The summed E-state index contributed by atoms with van der Waals surface area (Å²) in [6.45, 7) is 2.03. The molecule has 1 aromatic heterocycles. The molecule has 2 aliphatic rings. The highest BCUT2D eigenvalue weighted by molar-refractivity contribution is 5.20. The molecule has 0 amide bonds. The molecule has 0 aliphatic carbocycles. The lowest BCUT2D eigenvalue weighted by atomic mass is 9.75. The zero-order chi connectivity index (χ0) is 11.9. The predicted molar refractivity (Wildman–Crippen MR) is 66.7 cm³/mol. The van der Waals surface area contributed by atoms with Gasteiger partial charge in [-0.2, -0.15) is 0 Å². The number of piperidine rings is 2. The van der Waals surface area contributed by atoms with Crippen LogP contribution in [0, 0.1) is 6.92 Å². The highest BCUT2D eigenvalue weighted by atomic mass is 16.3. The van der Waals surface area contributed by atoms with Crippen molar-refractivity contribution in [2.24, 2.45) is 0 Å². The molecule has 3 heterocycles. The third kappa shape index (κ3) is 2.09. The van der Waals surface area contributed by atoms with Crippen molar-refractivity contribution >= 4 is 0 Å². The second kappa shape index (κ2) is 4.07. The minimum atomic E-state index is -0.714. The lowest BCUT2D eigenvalue weighted by Crippen LogP contribution is -2.54. The minimum Gasteiger partial charge on any atom is -0.383 e. The van der Waals surface area contributed by atoms with Crippen molar-refractivity contribution in [1.82, 2.24) is 10.3 Å².